The van der Waals surface area contributed by atoms with Gasteiger partial charge in [-0.25, -0.2) is 13.1 Å². The van der Waals surface area contributed by atoms with Crippen LogP contribution in [0.5, 0.6) is 0 Å². The third-order valence-corrected chi connectivity index (χ3v) is 6.98. The van der Waals surface area contributed by atoms with Crippen LogP contribution in [0, 0.1) is 0 Å². The van der Waals surface area contributed by atoms with Gasteiger partial charge in [0.25, 0.3) is 5.56 Å². The van der Waals surface area contributed by atoms with Crippen molar-refractivity contribution in [3.8, 4) is 5.69 Å². The van der Waals surface area contributed by atoms with Crippen LogP contribution in [0.25, 0.3) is 5.69 Å². The number of halogens is 2. The Morgan fingerprint density at radius 2 is 1.59 bits per heavy atom. The number of benzene rings is 1. The molecule has 1 heterocycles. The van der Waals surface area contributed by atoms with Gasteiger partial charge in [0, 0.05) is 6.04 Å². The lowest BCUT2D eigenvalue weighted by molar-refractivity contribution is 0.426. The van der Waals surface area contributed by atoms with Gasteiger partial charge >= 0.3 is 0 Å². The zero-order valence-corrected chi connectivity index (χ0v) is 17.0. The van der Waals surface area contributed by atoms with Crippen LogP contribution in [0.1, 0.15) is 44.9 Å². The summed E-state index contributed by atoms with van der Waals surface area (Å²) in [6.07, 6.45) is 8.60. The van der Waals surface area contributed by atoms with Crippen molar-refractivity contribution < 1.29 is 8.42 Å². The number of aromatic nitrogens is 2. The highest BCUT2D eigenvalue weighted by Crippen LogP contribution is 2.20. The molecule has 6 nitrogen and oxygen atoms in total. The molecule has 9 heteroatoms. The van der Waals surface area contributed by atoms with Crippen LogP contribution in [0.3, 0.4) is 0 Å². The van der Waals surface area contributed by atoms with Crippen molar-refractivity contribution in [1.29, 1.82) is 0 Å². The number of rotatable bonds is 4. The fourth-order valence-corrected chi connectivity index (χ4v) is 4.78. The lowest BCUT2D eigenvalue weighted by Gasteiger charge is -2.21. The SMILES string of the molecule is O=c1c(Cl)c(Cl)cnn1-c1ccc(S(=O)(=O)NC2CCCCCCC2)cc1. The summed E-state index contributed by atoms with van der Waals surface area (Å²) in [4.78, 5) is 12.3. The van der Waals surface area contributed by atoms with Gasteiger partial charge in [-0.3, -0.25) is 4.79 Å². The molecule has 0 saturated heterocycles. The van der Waals surface area contributed by atoms with Gasteiger partial charge in [0.15, 0.2) is 0 Å². The maximum atomic E-state index is 12.7. The van der Waals surface area contributed by atoms with Gasteiger partial charge in [0.2, 0.25) is 10.0 Å². The van der Waals surface area contributed by atoms with Crippen LogP contribution in [0.4, 0.5) is 0 Å². The molecule has 146 valence electrons. The van der Waals surface area contributed by atoms with Crippen molar-refractivity contribution in [3.63, 3.8) is 0 Å². The van der Waals surface area contributed by atoms with Gasteiger partial charge in [0.1, 0.15) is 5.02 Å². The number of nitrogens with one attached hydrogen (secondary N) is 1. The van der Waals surface area contributed by atoms with Gasteiger partial charge < -0.3 is 0 Å². The fourth-order valence-electron chi connectivity index (χ4n) is 3.22. The van der Waals surface area contributed by atoms with E-state index < -0.39 is 15.6 Å². The molecule has 1 aliphatic carbocycles. The standard InChI is InChI=1S/C18H21Cl2N3O3S/c19-16-12-21-23(18(24)17(16)20)14-8-10-15(11-9-14)27(25,26)22-13-6-4-2-1-3-5-7-13/h8-13,22H,1-7H2. The molecule has 1 aromatic heterocycles. The molecule has 27 heavy (non-hydrogen) atoms. The molecular weight excluding hydrogens is 409 g/mol. The minimum atomic E-state index is -3.62. The van der Waals surface area contributed by atoms with Gasteiger partial charge in [-0.15, -0.1) is 0 Å². The minimum absolute atomic E-state index is 0.0330. The summed E-state index contributed by atoms with van der Waals surface area (Å²) in [7, 11) is -3.62. The molecule has 3 rings (SSSR count). The predicted molar refractivity (Wildman–Crippen MR) is 106 cm³/mol. The second-order valence-corrected chi connectivity index (χ2v) is 9.18. The Bertz CT molecular complexity index is 951. The Kier molecular flexibility index (Phi) is 6.57. The predicted octanol–water partition coefficient (Wildman–Crippen LogP) is 3.93. The molecule has 0 amide bonds. The first-order chi connectivity index (χ1) is 12.9. The average Bonchev–Trinajstić information content (AvgIpc) is 2.62. The molecule has 0 aliphatic heterocycles. The summed E-state index contributed by atoms with van der Waals surface area (Å²) in [5.41, 5.74) is -0.157. The Morgan fingerprint density at radius 1 is 1.00 bits per heavy atom. The third kappa shape index (κ3) is 4.90. The van der Waals surface area contributed by atoms with Crippen molar-refractivity contribution in [2.45, 2.75) is 55.9 Å². The molecule has 1 fully saturated rings. The fraction of sp³-hybridized carbons (Fsp3) is 0.444. The molecule has 0 spiro atoms. The van der Waals surface area contributed by atoms with E-state index in [1.807, 2.05) is 0 Å². The van der Waals surface area contributed by atoms with Gasteiger partial charge in [-0.1, -0.05) is 55.3 Å². The largest absolute Gasteiger partial charge is 0.291 e. The van der Waals surface area contributed by atoms with Crippen molar-refractivity contribution in [2.75, 3.05) is 0 Å². The highest BCUT2D eigenvalue weighted by molar-refractivity contribution is 7.89. The average molecular weight is 430 g/mol. The third-order valence-electron chi connectivity index (χ3n) is 4.69. The molecular formula is C18H21Cl2N3O3S. The van der Waals surface area contributed by atoms with Crippen molar-refractivity contribution in [1.82, 2.24) is 14.5 Å². The Hall–Kier alpha value is -1.41. The van der Waals surface area contributed by atoms with Crippen molar-refractivity contribution in [3.05, 3.63) is 50.9 Å². The molecule has 0 bridgehead atoms. The first-order valence-corrected chi connectivity index (χ1v) is 11.2. The highest BCUT2D eigenvalue weighted by Gasteiger charge is 2.21. The summed E-state index contributed by atoms with van der Waals surface area (Å²) < 4.78 is 29.2. The lowest BCUT2D eigenvalue weighted by atomic mass is 9.97. The monoisotopic (exact) mass is 429 g/mol. The summed E-state index contributed by atoms with van der Waals surface area (Å²) >= 11 is 11.6. The Morgan fingerprint density at radius 3 is 2.22 bits per heavy atom. The van der Waals surface area contributed by atoms with Crippen LogP contribution in [-0.2, 0) is 10.0 Å². The summed E-state index contributed by atoms with van der Waals surface area (Å²) in [5, 5.41) is 3.88. The second-order valence-electron chi connectivity index (χ2n) is 6.68. The molecule has 2 aromatic rings. The molecule has 0 atom stereocenters. The van der Waals surface area contributed by atoms with Crippen LogP contribution in [0.15, 0.2) is 40.2 Å². The van der Waals surface area contributed by atoms with E-state index in [1.165, 1.54) is 36.9 Å². The molecule has 1 aromatic carbocycles. The maximum Gasteiger partial charge on any atom is 0.291 e. The number of hydrogen-bond donors (Lipinski definition) is 1. The Labute approximate surface area is 168 Å². The smallest absolute Gasteiger partial charge is 0.266 e. The summed E-state index contributed by atoms with van der Waals surface area (Å²) in [5.74, 6) is 0. The van der Waals surface area contributed by atoms with Crippen LogP contribution >= 0.6 is 23.2 Å². The summed E-state index contributed by atoms with van der Waals surface area (Å²) in [6, 6.07) is 5.92. The Balaban J connectivity index is 1.80. The maximum absolute atomic E-state index is 12.7. The molecule has 1 aliphatic rings. The van der Waals surface area contributed by atoms with E-state index in [0.29, 0.717) is 5.69 Å². The van der Waals surface area contributed by atoms with E-state index in [9.17, 15) is 13.2 Å². The molecule has 0 radical (unpaired) electrons. The van der Waals surface area contributed by atoms with Crippen LogP contribution in [0.2, 0.25) is 10.0 Å². The topological polar surface area (TPSA) is 81.1 Å². The van der Waals surface area contributed by atoms with E-state index in [4.69, 9.17) is 23.2 Å². The first kappa shape index (κ1) is 20.3. The number of sulfonamides is 1. The van der Waals surface area contributed by atoms with E-state index >= 15 is 0 Å². The van der Waals surface area contributed by atoms with Gasteiger partial charge in [-0.05, 0) is 37.1 Å². The van der Waals surface area contributed by atoms with E-state index in [-0.39, 0.29) is 21.0 Å². The first-order valence-electron chi connectivity index (χ1n) is 8.94. The zero-order chi connectivity index (χ0) is 19.4. The number of hydrogen-bond acceptors (Lipinski definition) is 4. The molecule has 1 N–H and O–H groups in total. The van der Waals surface area contributed by atoms with Crippen LogP contribution < -0.4 is 10.3 Å². The zero-order valence-electron chi connectivity index (χ0n) is 14.7. The van der Waals surface area contributed by atoms with E-state index in [1.54, 1.807) is 0 Å². The van der Waals surface area contributed by atoms with Crippen LogP contribution in [-0.4, -0.2) is 24.2 Å². The quantitative estimate of drug-likeness (QED) is 0.797. The number of nitrogens with zero attached hydrogens (tertiary/aromatic N) is 2. The highest BCUT2D eigenvalue weighted by atomic mass is 35.5. The van der Waals surface area contributed by atoms with Gasteiger partial charge in [0.05, 0.1) is 21.8 Å². The normalized spacial score (nSPS) is 16.7. The minimum Gasteiger partial charge on any atom is -0.266 e. The van der Waals surface area contributed by atoms with Crippen molar-refractivity contribution in [2.24, 2.45) is 0 Å². The van der Waals surface area contributed by atoms with Crippen molar-refractivity contribution >= 4 is 33.2 Å². The molecule has 1 saturated carbocycles. The lowest BCUT2D eigenvalue weighted by Crippen LogP contribution is -2.35. The molecule has 0 unspecified atom stereocenters. The summed E-state index contributed by atoms with van der Waals surface area (Å²) in [6.45, 7) is 0. The van der Waals surface area contributed by atoms with E-state index in [0.717, 1.165) is 43.2 Å². The van der Waals surface area contributed by atoms with E-state index in [2.05, 4.69) is 9.82 Å². The second kappa shape index (κ2) is 8.73. The van der Waals surface area contributed by atoms with Gasteiger partial charge in [-0.2, -0.15) is 9.78 Å².